The van der Waals surface area contributed by atoms with Crippen LogP contribution in [0, 0.1) is 0 Å². The van der Waals surface area contributed by atoms with Gasteiger partial charge in [0.05, 0.1) is 7.11 Å². The molecule has 3 heterocycles. The zero-order valence-electron chi connectivity index (χ0n) is 14.2. The van der Waals surface area contributed by atoms with Gasteiger partial charge < -0.3 is 14.1 Å². The summed E-state index contributed by atoms with van der Waals surface area (Å²) in [4.78, 5) is 21.6. The van der Waals surface area contributed by atoms with Gasteiger partial charge in [0.2, 0.25) is 0 Å². The number of benzene rings is 1. The maximum Gasteiger partial charge on any atom is 0.354 e. The first-order chi connectivity index (χ1) is 12.2. The molecule has 4 rings (SSSR count). The Labute approximate surface area is 145 Å². The summed E-state index contributed by atoms with van der Waals surface area (Å²) < 4.78 is 10.7. The second kappa shape index (κ2) is 6.72. The number of hydrogen-bond donors (Lipinski definition) is 1. The lowest BCUT2D eigenvalue weighted by Crippen LogP contribution is -2.33. The minimum Gasteiger partial charge on any atom is -0.464 e. The highest BCUT2D eigenvalue weighted by molar-refractivity contribution is 5.87. The molecular weight excluding hydrogens is 318 g/mol. The van der Waals surface area contributed by atoms with Crippen LogP contribution in [0.2, 0.25) is 0 Å². The van der Waals surface area contributed by atoms with Crippen LogP contribution >= 0.6 is 0 Å². The topological polar surface area (TPSA) is 71.4 Å². The Morgan fingerprint density at radius 2 is 2.32 bits per heavy atom. The van der Waals surface area contributed by atoms with Gasteiger partial charge in [-0.15, -0.1) is 0 Å². The average molecular weight is 339 g/mol. The fraction of sp³-hybridized carbons (Fsp3) is 0.368. The maximum atomic E-state index is 11.6. The van der Waals surface area contributed by atoms with Crippen LogP contribution in [0.1, 0.15) is 40.7 Å². The fourth-order valence-electron chi connectivity index (χ4n) is 3.48. The Morgan fingerprint density at radius 1 is 1.44 bits per heavy atom. The van der Waals surface area contributed by atoms with Crippen LogP contribution in [0.4, 0.5) is 0 Å². The standard InChI is InChI=1S/C19H21N3O3/c1-24-19(23)16-9-13(10-20-16)11-22-8-4-5-14(12-22)18-21-15-6-2-3-7-17(15)25-18/h2-3,6-7,9-10,14,20H,4-5,8,11-12H2,1H3. The van der Waals surface area contributed by atoms with Crippen molar-refractivity contribution in [3.05, 3.63) is 53.7 Å². The van der Waals surface area contributed by atoms with Crippen molar-refractivity contribution in [3.63, 3.8) is 0 Å². The summed E-state index contributed by atoms with van der Waals surface area (Å²) in [7, 11) is 1.39. The summed E-state index contributed by atoms with van der Waals surface area (Å²) in [5, 5.41) is 0. The van der Waals surface area contributed by atoms with E-state index in [4.69, 9.17) is 9.15 Å². The zero-order chi connectivity index (χ0) is 17.2. The van der Waals surface area contributed by atoms with Crippen molar-refractivity contribution >= 4 is 17.1 Å². The number of H-pyrrole nitrogens is 1. The number of fused-ring (bicyclic) bond motifs is 1. The SMILES string of the molecule is COC(=O)c1cc(CN2CCCC(c3nc4ccccc4o3)C2)c[nH]1. The monoisotopic (exact) mass is 339 g/mol. The third-order valence-corrected chi connectivity index (χ3v) is 4.72. The molecular formula is C19H21N3O3. The summed E-state index contributed by atoms with van der Waals surface area (Å²) in [6.45, 7) is 2.74. The first-order valence-electron chi connectivity index (χ1n) is 8.56. The first kappa shape index (κ1) is 15.9. The summed E-state index contributed by atoms with van der Waals surface area (Å²) in [5.41, 5.74) is 3.34. The molecule has 2 aromatic heterocycles. The number of piperidine rings is 1. The second-order valence-corrected chi connectivity index (χ2v) is 6.51. The molecule has 0 bridgehead atoms. The molecule has 25 heavy (non-hydrogen) atoms. The number of esters is 1. The number of nitrogens with zero attached hydrogens (tertiary/aromatic N) is 2. The van der Waals surface area contributed by atoms with Crippen molar-refractivity contribution in [1.29, 1.82) is 0 Å². The number of likely N-dealkylation sites (tertiary alicyclic amines) is 1. The number of hydrogen-bond acceptors (Lipinski definition) is 5. The van der Waals surface area contributed by atoms with Gasteiger partial charge in [0.25, 0.3) is 0 Å². The Bertz CT molecular complexity index is 850. The second-order valence-electron chi connectivity index (χ2n) is 6.51. The quantitative estimate of drug-likeness (QED) is 0.738. The van der Waals surface area contributed by atoms with Crippen LogP contribution in [0.15, 0.2) is 40.9 Å². The number of carbonyl (C=O) groups excluding carboxylic acids is 1. The number of oxazole rings is 1. The van der Waals surface area contributed by atoms with E-state index in [2.05, 4.69) is 14.9 Å². The van der Waals surface area contributed by atoms with E-state index in [-0.39, 0.29) is 5.97 Å². The highest BCUT2D eigenvalue weighted by atomic mass is 16.5. The van der Waals surface area contributed by atoms with Crippen molar-refractivity contribution in [1.82, 2.24) is 14.9 Å². The summed E-state index contributed by atoms with van der Waals surface area (Å²) in [6, 6.07) is 9.74. The zero-order valence-corrected chi connectivity index (χ0v) is 14.2. The number of aromatic amines is 1. The van der Waals surface area contributed by atoms with Crippen molar-refractivity contribution in [2.45, 2.75) is 25.3 Å². The van der Waals surface area contributed by atoms with Gasteiger partial charge in [-0.25, -0.2) is 9.78 Å². The Morgan fingerprint density at radius 3 is 3.16 bits per heavy atom. The number of nitrogens with one attached hydrogen (secondary N) is 1. The van der Waals surface area contributed by atoms with Gasteiger partial charge in [-0.2, -0.15) is 0 Å². The number of rotatable bonds is 4. The third-order valence-electron chi connectivity index (χ3n) is 4.72. The average Bonchev–Trinajstić information content (AvgIpc) is 3.28. The van der Waals surface area contributed by atoms with Crippen molar-refractivity contribution in [2.75, 3.05) is 20.2 Å². The minimum atomic E-state index is -0.339. The molecule has 1 N–H and O–H groups in total. The summed E-state index contributed by atoms with van der Waals surface area (Å²) >= 11 is 0. The summed E-state index contributed by atoms with van der Waals surface area (Å²) in [6.07, 6.45) is 4.07. The Balaban J connectivity index is 1.45. The van der Waals surface area contributed by atoms with E-state index in [1.54, 1.807) is 0 Å². The molecule has 0 radical (unpaired) electrons. The summed E-state index contributed by atoms with van der Waals surface area (Å²) in [5.74, 6) is 0.796. The normalized spacial score (nSPS) is 18.5. The van der Waals surface area contributed by atoms with Crippen LogP contribution in [0.3, 0.4) is 0 Å². The predicted molar refractivity (Wildman–Crippen MR) is 93.4 cm³/mol. The largest absolute Gasteiger partial charge is 0.464 e. The fourth-order valence-corrected chi connectivity index (χ4v) is 3.48. The smallest absolute Gasteiger partial charge is 0.354 e. The number of para-hydroxylation sites is 2. The molecule has 1 atom stereocenters. The molecule has 130 valence electrons. The third kappa shape index (κ3) is 3.30. The molecule has 3 aromatic rings. The molecule has 6 heteroatoms. The van der Waals surface area contributed by atoms with Gasteiger partial charge in [-0.05, 0) is 43.1 Å². The highest BCUT2D eigenvalue weighted by Gasteiger charge is 2.25. The predicted octanol–water partition coefficient (Wildman–Crippen LogP) is 3.32. The van der Waals surface area contributed by atoms with E-state index in [1.807, 2.05) is 36.5 Å². The van der Waals surface area contributed by atoms with Gasteiger partial charge in [0.1, 0.15) is 11.2 Å². The van der Waals surface area contributed by atoms with E-state index in [0.29, 0.717) is 11.6 Å². The van der Waals surface area contributed by atoms with Crippen LogP contribution in [0.25, 0.3) is 11.1 Å². The molecule has 1 saturated heterocycles. The van der Waals surface area contributed by atoms with Gasteiger partial charge in [-0.1, -0.05) is 12.1 Å². The molecule has 1 unspecified atom stereocenters. The van der Waals surface area contributed by atoms with E-state index < -0.39 is 0 Å². The van der Waals surface area contributed by atoms with Crippen LogP contribution < -0.4 is 0 Å². The highest BCUT2D eigenvalue weighted by Crippen LogP contribution is 2.29. The molecule has 0 amide bonds. The molecule has 1 aliphatic heterocycles. The van der Waals surface area contributed by atoms with Crippen LogP contribution in [0.5, 0.6) is 0 Å². The van der Waals surface area contributed by atoms with E-state index >= 15 is 0 Å². The van der Waals surface area contributed by atoms with Gasteiger partial charge in [0.15, 0.2) is 11.5 Å². The lowest BCUT2D eigenvalue weighted by atomic mass is 9.97. The molecule has 6 nitrogen and oxygen atoms in total. The van der Waals surface area contributed by atoms with Crippen LogP contribution in [-0.4, -0.2) is 41.0 Å². The molecule has 0 saturated carbocycles. The lowest BCUT2D eigenvalue weighted by molar-refractivity contribution is 0.0594. The van der Waals surface area contributed by atoms with E-state index in [0.717, 1.165) is 55.0 Å². The van der Waals surface area contributed by atoms with E-state index in [1.165, 1.54) is 7.11 Å². The molecule has 1 aromatic carbocycles. The Hall–Kier alpha value is -2.60. The molecule has 0 aliphatic carbocycles. The first-order valence-corrected chi connectivity index (χ1v) is 8.56. The molecule has 0 spiro atoms. The molecule has 1 fully saturated rings. The van der Waals surface area contributed by atoms with Gasteiger partial charge in [-0.3, -0.25) is 4.90 Å². The Kier molecular flexibility index (Phi) is 4.28. The van der Waals surface area contributed by atoms with Gasteiger partial charge in [0, 0.05) is 25.2 Å². The number of ether oxygens (including phenoxy) is 1. The lowest BCUT2D eigenvalue weighted by Gasteiger charge is -2.30. The minimum absolute atomic E-state index is 0.306. The van der Waals surface area contributed by atoms with Crippen molar-refractivity contribution < 1.29 is 13.9 Å². The number of methoxy groups -OCH3 is 1. The van der Waals surface area contributed by atoms with Gasteiger partial charge >= 0.3 is 5.97 Å². The van der Waals surface area contributed by atoms with Crippen molar-refractivity contribution in [3.8, 4) is 0 Å². The maximum absolute atomic E-state index is 11.6. The number of aromatic nitrogens is 2. The number of carbonyl (C=O) groups is 1. The van der Waals surface area contributed by atoms with E-state index in [9.17, 15) is 4.79 Å². The molecule has 1 aliphatic rings. The van der Waals surface area contributed by atoms with Crippen LogP contribution in [-0.2, 0) is 11.3 Å². The van der Waals surface area contributed by atoms with Crippen molar-refractivity contribution in [2.24, 2.45) is 0 Å².